The lowest BCUT2D eigenvalue weighted by molar-refractivity contribution is -0.143. The highest BCUT2D eigenvalue weighted by molar-refractivity contribution is 5.76. The maximum absolute atomic E-state index is 12.3. The number of aliphatic hydroxyl groups is 2. The summed E-state index contributed by atoms with van der Waals surface area (Å²) in [4.78, 5) is 24.3. The zero-order chi connectivity index (χ0) is 36.6. The lowest BCUT2D eigenvalue weighted by atomic mass is 10.0. The van der Waals surface area contributed by atoms with E-state index in [1.165, 1.54) is 103 Å². The zero-order valence-electron chi connectivity index (χ0n) is 33.1. The van der Waals surface area contributed by atoms with Gasteiger partial charge in [0, 0.05) is 12.8 Å². The van der Waals surface area contributed by atoms with Crippen LogP contribution < -0.4 is 5.32 Å². The molecule has 0 spiro atoms. The Morgan fingerprint density at radius 3 is 1.44 bits per heavy atom. The van der Waals surface area contributed by atoms with E-state index < -0.39 is 12.1 Å². The van der Waals surface area contributed by atoms with E-state index in [9.17, 15) is 19.8 Å². The van der Waals surface area contributed by atoms with Crippen molar-refractivity contribution in [1.29, 1.82) is 0 Å². The molecule has 2 unspecified atom stereocenters. The van der Waals surface area contributed by atoms with Crippen molar-refractivity contribution in [3.63, 3.8) is 0 Å². The summed E-state index contributed by atoms with van der Waals surface area (Å²) >= 11 is 0. The number of hydrogen-bond donors (Lipinski definition) is 3. The Kier molecular flexibility index (Phi) is 38.8. The van der Waals surface area contributed by atoms with Gasteiger partial charge in [0.1, 0.15) is 0 Å². The van der Waals surface area contributed by atoms with Gasteiger partial charge < -0.3 is 20.3 Å². The van der Waals surface area contributed by atoms with Crippen molar-refractivity contribution in [2.75, 3.05) is 13.2 Å². The fourth-order valence-electron chi connectivity index (χ4n) is 6.33. The predicted molar refractivity (Wildman–Crippen MR) is 213 cm³/mol. The van der Waals surface area contributed by atoms with Crippen LogP contribution in [-0.2, 0) is 14.3 Å². The number of aliphatic hydroxyl groups excluding tert-OH is 2. The van der Waals surface area contributed by atoms with Crippen molar-refractivity contribution in [1.82, 2.24) is 5.32 Å². The Hall–Kier alpha value is -1.66. The molecule has 2 atom stereocenters. The minimum Gasteiger partial charge on any atom is -0.466 e. The van der Waals surface area contributed by atoms with Gasteiger partial charge in [-0.2, -0.15) is 0 Å². The summed E-state index contributed by atoms with van der Waals surface area (Å²) in [5, 5.41) is 23.0. The van der Waals surface area contributed by atoms with Crippen molar-refractivity contribution in [2.45, 2.75) is 231 Å². The molecule has 0 saturated heterocycles. The smallest absolute Gasteiger partial charge is 0.305 e. The molecular formula is C44H83NO5. The Labute approximate surface area is 310 Å². The van der Waals surface area contributed by atoms with Crippen LogP contribution in [-0.4, -0.2) is 47.4 Å². The van der Waals surface area contributed by atoms with Crippen LogP contribution in [0.4, 0.5) is 0 Å². The molecule has 0 aliphatic heterocycles. The van der Waals surface area contributed by atoms with Gasteiger partial charge in [0.25, 0.3) is 0 Å². The summed E-state index contributed by atoms with van der Waals surface area (Å²) in [5.74, 6) is -0.110. The summed E-state index contributed by atoms with van der Waals surface area (Å²) in [6.07, 6.45) is 44.2. The summed E-state index contributed by atoms with van der Waals surface area (Å²) in [6.45, 7) is 4.81. The molecule has 0 fully saturated rings. The average molecular weight is 706 g/mol. The first-order chi connectivity index (χ1) is 24.5. The first kappa shape index (κ1) is 48.3. The number of rotatable bonds is 39. The first-order valence-electron chi connectivity index (χ1n) is 21.6. The Balaban J connectivity index is 3.53. The van der Waals surface area contributed by atoms with Gasteiger partial charge in [-0.15, -0.1) is 0 Å². The lowest BCUT2D eigenvalue weighted by Crippen LogP contribution is -2.45. The van der Waals surface area contributed by atoms with Gasteiger partial charge in [-0.3, -0.25) is 9.59 Å². The number of esters is 1. The van der Waals surface area contributed by atoms with Crippen LogP contribution >= 0.6 is 0 Å². The standard InChI is InChI=1S/C44H83NO5/c1-3-5-7-9-11-13-14-15-18-22-26-30-34-38-44(49)50-39-35-31-27-23-19-16-17-21-25-29-33-37-43(48)45-41(40-46)42(47)36-32-28-24-20-12-10-8-6-4-2/h13-14,19,23,41-42,46-47H,3-12,15-18,20-22,24-40H2,1-2H3,(H,45,48)/b14-13-,23-19-. The summed E-state index contributed by atoms with van der Waals surface area (Å²) < 4.78 is 5.41. The molecule has 6 nitrogen and oxygen atoms in total. The van der Waals surface area contributed by atoms with Gasteiger partial charge in [0.2, 0.25) is 5.91 Å². The first-order valence-corrected chi connectivity index (χ1v) is 21.6. The van der Waals surface area contributed by atoms with Crippen LogP contribution in [0.3, 0.4) is 0 Å². The summed E-state index contributed by atoms with van der Waals surface area (Å²) in [7, 11) is 0. The highest BCUT2D eigenvalue weighted by Crippen LogP contribution is 2.14. The van der Waals surface area contributed by atoms with Crippen LogP contribution in [0.25, 0.3) is 0 Å². The fourth-order valence-corrected chi connectivity index (χ4v) is 6.33. The number of unbranched alkanes of at least 4 members (excludes halogenated alkanes) is 24. The van der Waals surface area contributed by atoms with Crippen molar-refractivity contribution in [3.05, 3.63) is 24.3 Å². The molecule has 6 heteroatoms. The average Bonchev–Trinajstić information content (AvgIpc) is 3.11. The summed E-state index contributed by atoms with van der Waals surface area (Å²) in [6, 6.07) is -0.560. The SMILES string of the molecule is CCCCCC/C=C\CCCCCCCC(=O)OCCCC/C=C\CCCCCCCC(=O)NC(CO)C(O)CCCCCCCCCCC. The number of carbonyl (C=O) groups excluding carboxylic acids is 2. The molecule has 0 heterocycles. The van der Waals surface area contributed by atoms with Gasteiger partial charge in [-0.1, -0.05) is 154 Å². The molecule has 1 amide bonds. The lowest BCUT2D eigenvalue weighted by Gasteiger charge is -2.22. The minimum absolute atomic E-state index is 0.0417. The van der Waals surface area contributed by atoms with Crippen molar-refractivity contribution < 1.29 is 24.5 Å². The molecule has 294 valence electrons. The Morgan fingerprint density at radius 2 is 0.940 bits per heavy atom. The maximum Gasteiger partial charge on any atom is 0.305 e. The van der Waals surface area contributed by atoms with Gasteiger partial charge in [-0.25, -0.2) is 0 Å². The van der Waals surface area contributed by atoms with Crippen LogP contribution in [0, 0.1) is 0 Å². The van der Waals surface area contributed by atoms with E-state index >= 15 is 0 Å². The summed E-state index contributed by atoms with van der Waals surface area (Å²) in [5.41, 5.74) is 0. The molecular weight excluding hydrogens is 622 g/mol. The Bertz CT molecular complexity index is 782. The number of ether oxygens (including phenoxy) is 1. The van der Waals surface area contributed by atoms with Crippen LogP contribution in [0.1, 0.15) is 219 Å². The van der Waals surface area contributed by atoms with E-state index in [4.69, 9.17) is 4.74 Å². The molecule has 0 radical (unpaired) electrons. The van der Waals surface area contributed by atoms with Crippen LogP contribution in [0.15, 0.2) is 24.3 Å². The van der Waals surface area contributed by atoms with Crippen molar-refractivity contribution in [3.8, 4) is 0 Å². The number of allylic oxidation sites excluding steroid dienone is 4. The number of nitrogens with one attached hydrogen (secondary N) is 1. The third-order valence-corrected chi connectivity index (χ3v) is 9.72. The monoisotopic (exact) mass is 706 g/mol. The normalized spacial score (nSPS) is 13.0. The van der Waals surface area contributed by atoms with Crippen LogP contribution in [0.2, 0.25) is 0 Å². The molecule has 3 N–H and O–H groups in total. The molecule has 0 aliphatic rings. The molecule has 0 aromatic heterocycles. The quantitative estimate of drug-likeness (QED) is 0.0336. The molecule has 0 saturated carbocycles. The molecule has 0 aromatic rings. The van der Waals surface area contributed by atoms with E-state index in [1.54, 1.807) is 0 Å². The molecule has 50 heavy (non-hydrogen) atoms. The van der Waals surface area contributed by atoms with Gasteiger partial charge >= 0.3 is 5.97 Å². The van der Waals surface area contributed by atoms with E-state index in [0.29, 0.717) is 25.9 Å². The zero-order valence-corrected chi connectivity index (χ0v) is 33.1. The predicted octanol–water partition coefficient (Wildman–Crippen LogP) is 12.0. The topological polar surface area (TPSA) is 95.9 Å². The number of carbonyl (C=O) groups is 2. The number of amides is 1. The molecule has 0 aromatic carbocycles. The fraction of sp³-hybridized carbons (Fsp3) is 0.864. The second kappa shape index (κ2) is 40.1. The largest absolute Gasteiger partial charge is 0.466 e. The van der Waals surface area contributed by atoms with Gasteiger partial charge in [-0.05, 0) is 77.0 Å². The third kappa shape index (κ3) is 36.1. The van der Waals surface area contributed by atoms with Gasteiger partial charge in [0.15, 0.2) is 0 Å². The second-order valence-electron chi connectivity index (χ2n) is 14.7. The maximum atomic E-state index is 12.3. The van der Waals surface area contributed by atoms with Gasteiger partial charge in [0.05, 0.1) is 25.4 Å². The molecule has 0 rings (SSSR count). The number of hydrogen-bond acceptors (Lipinski definition) is 5. The third-order valence-electron chi connectivity index (χ3n) is 9.72. The Morgan fingerprint density at radius 1 is 0.540 bits per heavy atom. The van der Waals surface area contributed by atoms with Crippen molar-refractivity contribution >= 4 is 11.9 Å². The molecule has 0 aliphatic carbocycles. The van der Waals surface area contributed by atoms with E-state index in [-0.39, 0.29) is 18.5 Å². The molecule has 0 bridgehead atoms. The van der Waals surface area contributed by atoms with Crippen LogP contribution in [0.5, 0.6) is 0 Å². The van der Waals surface area contributed by atoms with E-state index in [0.717, 1.165) is 83.5 Å². The minimum atomic E-state index is -0.679. The van der Waals surface area contributed by atoms with E-state index in [2.05, 4.69) is 43.5 Å². The van der Waals surface area contributed by atoms with E-state index in [1.807, 2.05) is 0 Å². The highest BCUT2D eigenvalue weighted by atomic mass is 16.5. The van der Waals surface area contributed by atoms with Crippen molar-refractivity contribution in [2.24, 2.45) is 0 Å². The second-order valence-corrected chi connectivity index (χ2v) is 14.7. The highest BCUT2D eigenvalue weighted by Gasteiger charge is 2.20.